The normalized spacial score (nSPS) is 23.5. The smallest absolute Gasteiger partial charge is 0.257 e. The Hall–Kier alpha value is -2.96. The molecule has 1 spiro atoms. The van der Waals surface area contributed by atoms with Gasteiger partial charge in [0.05, 0.1) is 19.7 Å². The van der Waals surface area contributed by atoms with E-state index in [2.05, 4.69) is 12.1 Å². The summed E-state index contributed by atoms with van der Waals surface area (Å²) in [6.45, 7) is 2.24. The largest absolute Gasteiger partial charge is 0.361 e. The van der Waals surface area contributed by atoms with Gasteiger partial charge in [0.1, 0.15) is 0 Å². The molecule has 2 saturated heterocycles. The fraction of sp³-hybridized carbons (Fsp3) is 0.280. The first-order valence-electron chi connectivity index (χ1n) is 10.5. The fourth-order valence-electron chi connectivity index (χ4n) is 4.68. The Morgan fingerprint density at radius 2 is 1.77 bits per heavy atom. The van der Waals surface area contributed by atoms with Gasteiger partial charge in [-0.05, 0) is 29.1 Å². The first-order chi connectivity index (χ1) is 15.2. The number of likely N-dealkylation sites (tertiary alicyclic amines) is 1. The summed E-state index contributed by atoms with van der Waals surface area (Å²) < 4.78 is 6.29. The lowest BCUT2D eigenvalue weighted by Crippen LogP contribution is -2.59. The lowest BCUT2D eigenvalue weighted by atomic mass is 9.83. The van der Waals surface area contributed by atoms with Crippen LogP contribution >= 0.6 is 11.3 Å². The summed E-state index contributed by atoms with van der Waals surface area (Å²) in [5.41, 5.74) is 0.650. The number of carbonyl (C=O) groups is 2. The third-order valence-electron chi connectivity index (χ3n) is 6.20. The van der Waals surface area contributed by atoms with Crippen LogP contribution in [0.3, 0.4) is 0 Å². The third-order valence-corrected chi connectivity index (χ3v) is 7.06. The predicted octanol–water partition coefficient (Wildman–Crippen LogP) is 3.79. The SMILES string of the molecule is O=C(c1ccccc1)N1CCOC2(C1)C(=O)N(Cc1cccs1)CC2c1ccccc1. The predicted molar refractivity (Wildman–Crippen MR) is 120 cm³/mol. The van der Waals surface area contributed by atoms with Gasteiger partial charge >= 0.3 is 0 Å². The van der Waals surface area contributed by atoms with Crippen molar-refractivity contribution in [3.8, 4) is 0 Å². The first-order valence-corrected chi connectivity index (χ1v) is 11.4. The van der Waals surface area contributed by atoms with E-state index in [-0.39, 0.29) is 24.3 Å². The molecule has 2 aliphatic heterocycles. The van der Waals surface area contributed by atoms with Crippen molar-refractivity contribution in [2.75, 3.05) is 26.2 Å². The number of rotatable bonds is 4. The highest BCUT2D eigenvalue weighted by molar-refractivity contribution is 7.09. The Morgan fingerprint density at radius 1 is 1.03 bits per heavy atom. The number of morpholine rings is 1. The van der Waals surface area contributed by atoms with E-state index in [0.717, 1.165) is 10.4 Å². The maximum atomic E-state index is 13.8. The molecular weight excluding hydrogens is 408 g/mol. The quantitative estimate of drug-likeness (QED) is 0.630. The molecular formula is C25H24N2O3S. The van der Waals surface area contributed by atoms with Gasteiger partial charge in [-0.2, -0.15) is 0 Å². The van der Waals surface area contributed by atoms with Crippen molar-refractivity contribution >= 4 is 23.2 Å². The second kappa shape index (κ2) is 8.29. The molecule has 2 aromatic carbocycles. The highest BCUT2D eigenvalue weighted by Crippen LogP contribution is 2.43. The molecule has 0 bridgehead atoms. The summed E-state index contributed by atoms with van der Waals surface area (Å²) in [6, 6.07) is 23.4. The molecule has 6 heteroatoms. The van der Waals surface area contributed by atoms with E-state index in [0.29, 0.717) is 31.8 Å². The number of hydrogen-bond donors (Lipinski definition) is 0. The molecule has 2 aliphatic rings. The molecule has 3 heterocycles. The maximum Gasteiger partial charge on any atom is 0.257 e. The van der Waals surface area contributed by atoms with Gasteiger partial charge in [0.15, 0.2) is 5.60 Å². The minimum absolute atomic E-state index is 0.0275. The number of thiophene rings is 1. The van der Waals surface area contributed by atoms with Gasteiger partial charge in [-0.1, -0.05) is 54.6 Å². The van der Waals surface area contributed by atoms with Crippen molar-refractivity contribution in [1.29, 1.82) is 0 Å². The fourth-order valence-corrected chi connectivity index (χ4v) is 5.40. The highest BCUT2D eigenvalue weighted by Gasteiger charge is 2.58. The monoisotopic (exact) mass is 432 g/mol. The number of hydrogen-bond acceptors (Lipinski definition) is 4. The molecule has 2 unspecified atom stereocenters. The van der Waals surface area contributed by atoms with Crippen LogP contribution in [0.25, 0.3) is 0 Å². The van der Waals surface area contributed by atoms with Gasteiger partial charge in [0.2, 0.25) is 0 Å². The van der Waals surface area contributed by atoms with Crippen LogP contribution in [0, 0.1) is 0 Å². The van der Waals surface area contributed by atoms with E-state index < -0.39 is 5.60 Å². The van der Waals surface area contributed by atoms with Crippen LogP contribution in [-0.4, -0.2) is 53.5 Å². The number of ether oxygens (including phenoxy) is 1. The molecule has 0 saturated carbocycles. The van der Waals surface area contributed by atoms with Crippen LogP contribution in [0.1, 0.15) is 26.7 Å². The van der Waals surface area contributed by atoms with Crippen molar-refractivity contribution in [3.05, 3.63) is 94.2 Å². The van der Waals surface area contributed by atoms with Gasteiger partial charge in [-0.15, -0.1) is 11.3 Å². The van der Waals surface area contributed by atoms with Gasteiger partial charge in [0, 0.05) is 29.4 Å². The Balaban J connectivity index is 1.48. The van der Waals surface area contributed by atoms with Crippen LogP contribution in [0.5, 0.6) is 0 Å². The van der Waals surface area contributed by atoms with Crippen molar-refractivity contribution in [2.45, 2.75) is 18.1 Å². The third kappa shape index (κ3) is 3.66. The van der Waals surface area contributed by atoms with Crippen molar-refractivity contribution in [3.63, 3.8) is 0 Å². The summed E-state index contributed by atoms with van der Waals surface area (Å²) in [7, 11) is 0. The van der Waals surface area contributed by atoms with Crippen molar-refractivity contribution in [2.24, 2.45) is 0 Å². The van der Waals surface area contributed by atoms with E-state index in [1.54, 1.807) is 16.2 Å². The second-order valence-electron chi connectivity index (χ2n) is 8.06. The molecule has 0 radical (unpaired) electrons. The molecule has 2 atom stereocenters. The molecule has 3 aromatic rings. The highest BCUT2D eigenvalue weighted by atomic mass is 32.1. The van der Waals surface area contributed by atoms with Gasteiger partial charge in [-0.3, -0.25) is 9.59 Å². The topological polar surface area (TPSA) is 49.9 Å². The Kier molecular flexibility index (Phi) is 5.34. The molecule has 158 valence electrons. The summed E-state index contributed by atoms with van der Waals surface area (Å²) in [5, 5.41) is 2.03. The minimum Gasteiger partial charge on any atom is -0.361 e. The zero-order chi connectivity index (χ0) is 21.3. The average molecular weight is 433 g/mol. The van der Waals surface area contributed by atoms with Crippen molar-refractivity contribution in [1.82, 2.24) is 9.80 Å². The van der Waals surface area contributed by atoms with Crippen LogP contribution < -0.4 is 0 Å². The van der Waals surface area contributed by atoms with Gasteiger partial charge < -0.3 is 14.5 Å². The van der Waals surface area contributed by atoms with E-state index in [9.17, 15) is 9.59 Å². The molecule has 5 rings (SSSR count). The number of benzene rings is 2. The van der Waals surface area contributed by atoms with Gasteiger partial charge in [-0.25, -0.2) is 0 Å². The summed E-state index contributed by atoms with van der Waals surface area (Å²) in [6.07, 6.45) is 0. The molecule has 5 nitrogen and oxygen atoms in total. The zero-order valence-electron chi connectivity index (χ0n) is 17.1. The number of carbonyl (C=O) groups excluding carboxylic acids is 2. The molecule has 1 aromatic heterocycles. The maximum absolute atomic E-state index is 13.8. The zero-order valence-corrected chi connectivity index (χ0v) is 18.0. The van der Waals surface area contributed by atoms with Crippen molar-refractivity contribution < 1.29 is 14.3 Å². The van der Waals surface area contributed by atoms with Crippen LogP contribution in [-0.2, 0) is 16.1 Å². The van der Waals surface area contributed by atoms with E-state index in [1.165, 1.54) is 0 Å². The van der Waals surface area contributed by atoms with Crippen LogP contribution in [0.4, 0.5) is 0 Å². The molecule has 31 heavy (non-hydrogen) atoms. The second-order valence-corrected chi connectivity index (χ2v) is 9.09. The molecule has 0 N–H and O–H groups in total. The lowest BCUT2D eigenvalue weighted by Gasteiger charge is -2.42. The Morgan fingerprint density at radius 3 is 2.48 bits per heavy atom. The van der Waals surface area contributed by atoms with E-state index in [1.807, 2.05) is 70.9 Å². The molecule has 0 aliphatic carbocycles. The standard InChI is InChI=1S/C25H24N2O3S/c28-23(20-10-5-2-6-11-20)26-13-14-30-25(18-26)22(19-8-3-1-4-9-19)17-27(24(25)29)16-21-12-7-15-31-21/h1-12,15,22H,13-14,16-18H2. The Labute approximate surface area is 185 Å². The molecule has 2 amide bonds. The van der Waals surface area contributed by atoms with E-state index in [4.69, 9.17) is 4.74 Å². The average Bonchev–Trinajstić information content (AvgIpc) is 3.43. The minimum atomic E-state index is -1.05. The number of nitrogens with zero attached hydrogens (tertiary/aromatic N) is 2. The van der Waals surface area contributed by atoms with Crippen LogP contribution in [0.15, 0.2) is 78.2 Å². The lowest BCUT2D eigenvalue weighted by molar-refractivity contribution is -0.160. The summed E-state index contributed by atoms with van der Waals surface area (Å²) in [4.78, 5) is 31.8. The van der Waals surface area contributed by atoms with Crippen LogP contribution in [0.2, 0.25) is 0 Å². The summed E-state index contributed by atoms with van der Waals surface area (Å²) in [5.74, 6) is -0.215. The summed E-state index contributed by atoms with van der Waals surface area (Å²) >= 11 is 1.65. The number of amides is 2. The Bertz CT molecular complexity index is 1050. The first kappa shape index (κ1) is 20.0. The van der Waals surface area contributed by atoms with Gasteiger partial charge in [0.25, 0.3) is 11.8 Å². The molecule has 2 fully saturated rings. The van der Waals surface area contributed by atoms with E-state index >= 15 is 0 Å².